The Labute approximate surface area is 67.6 Å². The summed E-state index contributed by atoms with van der Waals surface area (Å²) in [5.41, 5.74) is 5.44. The van der Waals surface area contributed by atoms with Gasteiger partial charge < -0.3 is 5.73 Å². The molecule has 1 atom stereocenters. The van der Waals surface area contributed by atoms with Crippen molar-refractivity contribution in [3.63, 3.8) is 0 Å². The van der Waals surface area contributed by atoms with Crippen LogP contribution < -0.4 is 5.73 Å². The van der Waals surface area contributed by atoms with Gasteiger partial charge in [0.25, 0.3) is 0 Å². The minimum atomic E-state index is -0.370. The molecular weight excluding hydrogens is 146 g/mol. The standard InChI is InChI=1S/C7H15NOS/c1-5(2)3-4-6(8)7(9)10/h5-6H,3-4,8H2,1-2H3,(H,9,10). The van der Waals surface area contributed by atoms with Crippen molar-refractivity contribution in [2.45, 2.75) is 32.7 Å². The van der Waals surface area contributed by atoms with Gasteiger partial charge in [0, 0.05) is 0 Å². The first kappa shape index (κ1) is 9.98. The van der Waals surface area contributed by atoms with E-state index in [2.05, 4.69) is 26.5 Å². The van der Waals surface area contributed by atoms with E-state index in [1.54, 1.807) is 0 Å². The van der Waals surface area contributed by atoms with E-state index in [-0.39, 0.29) is 11.2 Å². The molecule has 0 radical (unpaired) electrons. The summed E-state index contributed by atoms with van der Waals surface area (Å²) in [6.07, 6.45) is 1.74. The van der Waals surface area contributed by atoms with Gasteiger partial charge in [0.1, 0.15) is 0 Å². The average Bonchev–Trinajstić information content (AvgIpc) is 1.82. The van der Waals surface area contributed by atoms with E-state index < -0.39 is 0 Å². The first-order chi connectivity index (χ1) is 4.54. The Balaban J connectivity index is 3.40. The largest absolute Gasteiger partial charge is 0.321 e. The Morgan fingerprint density at radius 1 is 1.50 bits per heavy atom. The molecule has 0 fully saturated rings. The molecule has 0 aliphatic heterocycles. The van der Waals surface area contributed by atoms with E-state index >= 15 is 0 Å². The number of nitrogens with two attached hydrogens (primary N) is 1. The summed E-state index contributed by atoms with van der Waals surface area (Å²) in [7, 11) is 0. The smallest absolute Gasteiger partial charge is 0.202 e. The molecule has 0 aromatic heterocycles. The lowest BCUT2D eigenvalue weighted by Gasteiger charge is -2.07. The molecule has 0 aliphatic rings. The molecule has 0 saturated carbocycles. The fourth-order valence-electron chi connectivity index (χ4n) is 0.636. The van der Waals surface area contributed by atoms with Crippen molar-refractivity contribution in [3.8, 4) is 0 Å². The molecule has 0 aliphatic carbocycles. The quantitative estimate of drug-likeness (QED) is 0.609. The second-order valence-corrected chi connectivity index (χ2v) is 3.36. The molecule has 3 heteroatoms. The molecular formula is C7H15NOS. The van der Waals surface area contributed by atoms with Crippen molar-refractivity contribution in [1.29, 1.82) is 0 Å². The minimum absolute atomic E-state index is 0.208. The van der Waals surface area contributed by atoms with Gasteiger partial charge in [0.05, 0.1) is 6.04 Å². The predicted octanol–water partition coefficient (Wildman–Crippen LogP) is 1.21. The van der Waals surface area contributed by atoms with Crippen LogP contribution in [0.15, 0.2) is 0 Å². The highest BCUT2D eigenvalue weighted by atomic mass is 32.1. The van der Waals surface area contributed by atoms with Crippen LogP contribution in [0.5, 0.6) is 0 Å². The summed E-state index contributed by atoms with van der Waals surface area (Å²) in [4.78, 5) is 10.5. The molecule has 0 spiro atoms. The van der Waals surface area contributed by atoms with E-state index in [4.69, 9.17) is 5.73 Å². The third kappa shape index (κ3) is 4.82. The summed E-state index contributed by atoms with van der Waals surface area (Å²) in [6.45, 7) is 4.21. The monoisotopic (exact) mass is 161 g/mol. The normalized spacial score (nSPS) is 13.7. The average molecular weight is 161 g/mol. The number of hydrogen-bond acceptors (Lipinski definition) is 2. The maximum atomic E-state index is 10.5. The Morgan fingerprint density at radius 3 is 2.30 bits per heavy atom. The minimum Gasteiger partial charge on any atom is -0.321 e. The van der Waals surface area contributed by atoms with Gasteiger partial charge >= 0.3 is 0 Å². The second kappa shape index (κ2) is 4.74. The summed E-state index contributed by atoms with van der Waals surface area (Å²) in [6, 6.07) is -0.370. The molecule has 0 saturated heterocycles. The summed E-state index contributed by atoms with van der Waals surface area (Å²) >= 11 is 3.63. The van der Waals surface area contributed by atoms with Gasteiger partial charge in [-0.25, -0.2) is 0 Å². The first-order valence-electron chi connectivity index (χ1n) is 3.52. The van der Waals surface area contributed by atoms with Crippen LogP contribution >= 0.6 is 12.6 Å². The van der Waals surface area contributed by atoms with Crippen LogP contribution in [-0.2, 0) is 4.79 Å². The molecule has 1 unspecified atom stereocenters. The lowest BCUT2D eigenvalue weighted by molar-refractivity contribution is -0.112. The number of rotatable bonds is 4. The van der Waals surface area contributed by atoms with E-state index in [1.165, 1.54) is 0 Å². The van der Waals surface area contributed by atoms with E-state index in [0.29, 0.717) is 5.92 Å². The molecule has 10 heavy (non-hydrogen) atoms. The van der Waals surface area contributed by atoms with Crippen LogP contribution in [0.4, 0.5) is 0 Å². The van der Waals surface area contributed by atoms with Crippen molar-refractivity contribution in [2.75, 3.05) is 0 Å². The SMILES string of the molecule is CC(C)CCC(N)C(=O)S. The summed E-state index contributed by atoms with van der Waals surface area (Å²) in [5, 5.41) is -0.208. The Bertz CT molecular complexity index is 114. The van der Waals surface area contributed by atoms with E-state index in [9.17, 15) is 4.79 Å². The Morgan fingerprint density at radius 2 is 2.00 bits per heavy atom. The predicted molar refractivity (Wildman–Crippen MR) is 46.0 cm³/mol. The van der Waals surface area contributed by atoms with Crippen molar-refractivity contribution in [1.82, 2.24) is 0 Å². The Hall–Kier alpha value is -0.0200. The topological polar surface area (TPSA) is 43.1 Å². The third-order valence-corrected chi connectivity index (χ3v) is 1.70. The number of carbonyl (C=O) groups is 1. The molecule has 2 N–H and O–H groups in total. The van der Waals surface area contributed by atoms with Crippen LogP contribution in [0.3, 0.4) is 0 Å². The number of carbonyl (C=O) groups excluding carboxylic acids is 1. The van der Waals surface area contributed by atoms with E-state index in [1.807, 2.05) is 0 Å². The van der Waals surface area contributed by atoms with Crippen LogP contribution in [0.25, 0.3) is 0 Å². The Kier molecular flexibility index (Phi) is 4.73. The first-order valence-corrected chi connectivity index (χ1v) is 3.97. The second-order valence-electron chi connectivity index (χ2n) is 2.92. The van der Waals surface area contributed by atoms with Crippen LogP contribution in [0.2, 0.25) is 0 Å². The fourth-order valence-corrected chi connectivity index (χ4v) is 0.765. The highest BCUT2D eigenvalue weighted by Crippen LogP contribution is 2.06. The molecule has 0 heterocycles. The van der Waals surface area contributed by atoms with Crippen molar-refractivity contribution < 1.29 is 4.79 Å². The zero-order valence-corrected chi connectivity index (χ0v) is 7.40. The number of hydrogen-bond donors (Lipinski definition) is 2. The zero-order valence-electron chi connectivity index (χ0n) is 6.50. The molecule has 0 aromatic carbocycles. The van der Waals surface area contributed by atoms with Gasteiger partial charge in [0.2, 0.25) is 5.12 Å². The fraction of sp³-hybridized carbons (Fsp3) is 0.857. The highest BCUT2D eigenvalue weighted by Gasteiger charge is 2.08. The van der Waals surface area contributed by atoms with Crippen molar-refractivity contribution in [2.24, 2.45) is 11.7 Å². The molecule has 0 amide bonds. The van der Waals surface area contributed by atoms with E-state index in [0.717, 1.165) is 12.8 Å². The molecule has 2 nitrogen and oxygen atoms in total. The van der Waals surface area contributed by atoms with Crippen molar-refractivity contribution >= 4 is 17.7 Å². The maximum Gasteiger partial charge on any atom is 0.202 e. The summed E-state index contributed by atoms with van der Waals surface area (Å²) in [5.74, 6) is 0.610. The number of thiol groups is 1. The van der Waals surface area contributed by atoms with Crippen LogP contribution in [0.1, 0.15) is 26.7 Å². The lowest BCUT2D eigenvalue weighted by atomic mass is 10.0. The molecule has 0 aromatic rings. The van der Waals surface area contributed by atoms with Gasteiger partial charge in [-0.1, -0.05) is 13.8 Å². The van der Waals surface area contributed by atoms with Gasteiger partial charge in [-0.2, -0.15) is 0 Å². The van der Waals surface area contributed by atoms with Gasteiger partial charge in [-0.15, -0.1) is 12.6 Å². The zero-order chi connectivity index (χ0) is 8.15. The van der Waals surface area contributed by atoms with Gasteiger partial charge in [-0.05, 0) is 18.8 Å². The lowest BCUT2D eigenvalue weighted by Crippen LogP contribution is -2.26. The van der Waals surface area contributed by atoms with Gasteiger partial charge in [-0.3, -0.25) is 4.79 Å². The van der Waals surface area contributed by atoms with Crippen LogP contribution in [-0.4, -0.2) is 11.2 Å². The molecule has 0 rings (SSSR count). The molecule has 0 bridgehead atoms. The van der Waals surface area contributed by atoms with Crippen molar-refractivity contribution in [3.05, 3.63) is 0 Å². The summed E-state index contributed by atoms with van der Waals surface area (Å²) < 4.78 is 0. The maximum absolute atomic E-state index is 10.5. The highest BCUT2D eigenvalue weighted by molar-refractivity contribution is 7.96. The molecule has 60 valence electrons. The van der Waals surface area contributed by atoms with Crippen LogP contribution in [0, 0.1) is 5.92 Å². The third-order valence-electron chi connectivity index (χ3n) is 1.37. The van der Waals surface area contributed by atoms with Gasteiger partial charge in [0.15, 0.2) is 0 Å².